The summed E-state index contributed by atoms with van der Waals surface area (Å²) in [5.41, 5.74) is 0. The van der Waals surface area contributed by atoms with Crippen LogP contribution in [-0.2, 0) is 0 Å². The minimum absolute atomic E-state index is 0.344. The topological polar surface area (TPSA) is 39.7 Å². The molecule has 0 aliphatic carbocycles. The van der Waals surface area contributed by atoms with Crippen LogP contribution in [-0.4, -0.2) is 60.6 Å². The van der Waals surface area contributed by atoms with Gasteiger partial charge in [-0.3, -0.25) is 4.99 Å². The fourth-order valence-electron chi connectivity index (χ4n) is 2.16. The summed E-state index contributed by atoms with van der Waals surface area (Å²) in [6, 6.07) is 0.588. The van der Waals surface area contributed by atoms with E-state index >= 15 is 0 Å². The number of nitrogens with zero attached hydrogens (tertiary/aromatic N) is 2. The van der Waals surface area contributed by atoms with Gasteiger partial charge in [0.15, 0.2) is 5.96 Å². The Balaban J connectivity index is 2.38. The van der Waals surface area contributed by atoms with Crippen LogP contribution in [0.15, 0.2) is 4.99 Å². The predicted molar refractivity (Wildman–Crippen MR) is 91.8 cm³/mol. The second kappa shape index (κ2) is 8.78. The van der Waals surface area contributed by atoms with Crippen LogP contribution < -0.4 is 10.6 Å². The van der Waals surface area contributed by atoms with E-state index in [2.05, 4.69) is 62.0 Å². The highest BCUT2D eigenvalue weighted by atomic mass is 32.2. The molecule has 0 bridgehead atoms. The summed E-state index contributed by atoms with van der Waals surface area (Å²) < 4.78 is 0.344. The van der Waals surface area contributed by atoms with Gasteiger partial charge in [0.05, 0.1) is 6.54 Å². The van der Waals surface area contributed by atoms with Crippen LogP contribution in [0.3, 0.4) is 0 Å². The number of guanidine groups is 1. The highest BCUT2D eigenvalue weighted by molar-refractivity contribution is 8.00. The van der Waals surface area contributed by atoms with Crippen molar-refractivity contribution in [2.24, 2.45) is 4.99 Å². The molecule has 0 spiro atoms. The molecular formula is C15H32N4S. The summed E-state index contributed by atoms with van der Waals surface area (Å²) in [5.74, 6) is 2.24. The van der Waals surface area contributed by atoms with Gasteiger partial charge in [0.25, 0.3) is 0 Å². The lowest BCUT2D eigenvalue weighted by Gasteiger charge is -2.23. The van der Waals surface area contributed by atoms with E-state index < -0.39 is 0 Å². The van der Waals surface area contributed by atoms with Crippen molar-refractivity contribution < 1.29 is 0 Å². The summed E-state index contributed by atoms with van der Waals surface area (Å²) in [5, 5.41) is 6.77. The second-order valence-electron chi connectivity index (χ2n) is 6.10. The summed E-state index contributed by atoms with van der Waals surface area (Å²) in [4.78, 5) is 7.10. The quantitative estimate of drug-likeness (QED) is 0.558. The SMILES string of the molecule is CCNC(=NCC1(C)CCCS1)NCCN(C)C(C)C. The maximum absolute atomic E-state index is 4.76. The van der Waals surface area contributed by atoms with Gasteiger partial charge in [0.1, 0.15) is 0 Å². The Morgan fingerprint density at radius 2 is 2.15 bits per heavy atom. The molecule has 5 heteroatoms. The van der Waals surface area contributed by atoms with Crippen LogP contribution in [0.2, 0.25) is 0 Å². The molecule has 0 aromatic heterocycles. The Bertz CT molecular complexity index is 298. The van der Waals surface area contributed by atoms with E-state index in [-0.39, 0.29) is 0 Å². The van der Waals surface area contributed by atoms with Crippen molar-refractivity contribution in [1.82, 2.24) is 15.5 Å². The number of likely N-dealkylation sites (N-methyl/N-ethyl adjacent to an activating group) is 1. The number of nitrogens with one attached hydrogen (secondary N) is 2. The average Bonchev–Trinajstić information content (AvgIpc) is 2.83. The zero-order valence-corrected chi connectivity index (χ0v) is 14.6. The molecule has 1 saturated heterocycles. The Kier molecular flexibility index (Phi) is 7.74. The first-order chi connectivity index (χ1) is 9.47. The first-order valence-electron chi connectivity index (χ1n) is 7.83. The number of aliphatic imine (C=N–C) groups is 1. The number of thioether (sulfide) groups is 1. The molecule has 0 saturated carbocycles. The molecule has 2 N–H and O–H groups in total. The lowest BCUT2D eigenvalue weighted by Crippen LogP contribution is -2.42. The van der Waals surface area contributed by atoms with E-state index in [1.165, 1.54) is 18.6 Å². The molecule has 0 radical (unpaired) electrons. The summed E-state index contributed by atoms with van der Waals surface area (Å²) >= 11 is 2.07. The third kappa shape index (κ3) is 6.35. The fraction of sp³-hybridized carbons (Fsp3) is 0.933. The summed E-state index contributed by atoms with van der Waals surface area (Å²) in [6.07, 6.45) is 2.62. The van der Waals surface area contributed by atoms with Gasteiger partial charge in [-0.25, -0.2) is 0 Å². The fourth-order valence-corrected chi connectivity index (χ4v) is 3.38. The molecule has 1 atom stereocenters. The number of rotatable bonds is 7. The molecule has 1 unspecified atom stereocenters. The molecule has 1 heterocycles. The monoisotopic (exact) mass is 300 g/mol. The first-order valence-corrected chi connectivity index (χ1v) is 8.82. The van der Waals surface area contributed by atoms with E-state index in [1.54, 1.807) is 0 Å². The van der Waals surface area contributed by atoms with Gasteiger partial charge < -0.3 is 15.5 Å². The highest BCUT2D eigenvalue weighted by Gasteiger charge is 2.29. The maximum atomic E-state index is 4.76. The molecule has 1 aliphatic heterocycles. The molecule has 118 valence electrons. The van der Waals surface area contributed by atoms with Gasteiger partial charge in [-0.05, 0) is 53.3 Å². The first kappa shape index (κ1) is 17.6. The zero-order chi connectivity index (χ0) is 15.0. The molecule has 1 aliphatic rings. The molecule has 0 aromatic carbocycles. The maximum Gasteiger partial charge on any atom is 0.191 e. The minimum Gasteiger partial charge on any atom is -0.357 e. The van der Waals surface area contributed by atoms with Crippen molar-refractivity contribution in [2.75, 3.05) is 39.0 Å². The largest absolute Gasteiger partial charge is 0.357 e. The molecule has 4 nitrogen and oxygen atoms in total. The normalized spacial score (nSPS) is 23.6. The molecule has 20 heavy (non-hydrogen) atoms. The molecule has 1 rings (SSSR count). The van der Waals surface area contributed by atoms with Crippen molar-refractivity contribution in [2.45, 2.75) is 51.3 Å². The van der Waals surface area contributed by atoms with Crippen molar-refractivity contribution in [1.29, 1.82) is 0 Å². The standard InChI is InChI=1S/C15H32N4S/c1-6-16-14(17-9-10-19(5)13(2)3)18-12-15(4)8-7-11-20-15/h13H,6-12H2,1-5H3,(H2,16,17,18). The minimum atomic E-state index is 0.344. The van der Waals surface area contributed by atoms with Crippen LogP contribution in [0.1, 0.15) is 40.5 Å². The van der Waals surface area contributed by atoms with Crippen LogP contribution in [0.25, 0.3) is 0 Å². The van der Waals surface area contributed by atoms with Crippen LogP contribution in [0.5, 0.6) is 0 Å². The average molecular weight is 301 g/mol. The van der Waals surface area contributed by atoms with E-state index in [1.807, 2.05) is 0 Å². The highest BCUT2D eigenvalue weighted by Crippen LogP contribution is 2.37. The van der Waals surface area contributed by atoms with Crippen molar-refractivity contribution >= 4 is 17.7 Å². The molecule has 0 aromatic rings. The van der Waals surface area contributed by atoms with Gasteiger partial charge in [0.2, 0.25) is 0 Å². The lowest BCUT2D eigenvalue weighted by atomic mass is 10.1. The summed E-state index contributed by atoms with van der Waals surface area (Å²) in [6.45, 7) is 12.7. The second-order valence-corrected chi connectivity index (χ2v) is 7.78. The van der Waals surface area contributed by atoms with Gasteiger partial charge >= 0.3 is 0 Å². The van der Waals surface area contributed by atoms with E-state index in [0.29, 0.717) is 10.8 Å². The van der Waals surface area contributed by atoms with E-state index in [0.717, 1.165) is 32.1 Å². The van der Waals surface area contributed by atoms with E-state index in [4.69, 9.17) is 4.99 Å². The van der Waals surface area contributed by atoms with Gasteiger partial charge in [-0.1, -0.05) is 0 Å². The van der Waals surface area contributed by atoms with Crippen LogP contribution >= 0.6 is 11.8 Å². The summed E-state index contributed by atoms with van der Waals surface area (Å²) in [7, 11) is 2.16. The molecule has 0 amide bonds. The third-order valence-corrected chi connectivity index (χ3v) is 5.38. The molecular weight excluding hydrogens is 268 g/mol. The van der Waals surface area contributed by atoms with Gasteiger partial charge in [-0.2, -0.15) is 11.8 Å². The Labute approximate surface area is 129 Å². The third-order valence-electron chi connectivity index (χ3n) is 3.85. The van der Waals surface area contributed by atoms with Crippen LogP contribution in [0.4, 0.5) is 0 Å². The van der Waals surface area contributed by atoms with Gasteiger partial charge in [-0.15, -0.1) is 0 Å². The number of hydrogen-bond donors (Lipinski definition) is 2. The molecule has 1 fully saturated rings. The Morgan fingerprint density at radius 3 is 2.70 bits per heavy atom. The van der Waals surface area contributed by atoms with Crippen molar-refractivity contribution in [3.05, 3.63) is 0 Å². The van der Waals surface area contributed by atoms with E-state index in [9.17, 15) is 0 Å². The number of hydrogen-bond acceptors (Lipinski definition) is 3. The van der Waals surface area contributed by atoms with Crippen molar-refractivity contribution in [3.63, 3.8) is 0 Å². The smallest absolute Gasteiger partial charge is 0.191 e. The van der Waals surface area contributed by atoms with Crippen LogP contribution in [0, 0.1) is 0 Å². The predicted octanol–water partition coefficient (Wildman–Crippen LogP) is 2.17. The zero-order valence-electron chi connectivity index (χ0n) is 13.8. The Hall–Kier alpha value is -0.420. The van der Waals surface area contributed by atoms with Crippen molar-refractivity contribution in [3.8, 4) is 0 Å². The lowest BCUT2D eigenvalue weighted by molar-refractivity contribution is 0.278. The Morgan fingerprint density at radius 1 is 1.40 bits per heavy atom. The van der Waals surface area contributed by atoms with Gasteiger partial charge in [0, 0.05) is 30.4 Å².